The van der Waals surface area contributed by atoms with Crippen LogP contribution in [0.1, 0.15) is 27.8 Å². The Balaban J connectivity index is 1.88. The number of nitriles is 1. The van der Waals surface area contributed by atoms with E-state index >= 15 is 0 Å². The second-order valence-corrected chi connectivity index (χ2v) is 9.68. The third-order valence-corrected chi connectivity index (χ3v) is 7.43. The van der Waals surface area contributed by atoms with Crippen LogP contribution < -0.4 is 0 Å². The third-order valence-electron chi connectivity index (χ3n) is 6.44. The van der Waals surface area contributed by atoms with Crippen LogP contribution in [0.5, 0.6) is 0 Å². The Morgan fingerprint density at radius 3 is 1.71 bits per heavy atom. The van der Waals surface area contributed by atoms with Crippen molar-refractivity contribution in [3.63, 3.8) is 0 Å². The normalized spacial score (nSPS) is 13.7. The van der Waals surface area contributed by atoms with Gasteiger partial charge in [0.15, 0.2) is 5.69 Å². The van der Waals surface area contributed by atoms with E-state index in [9.17, 15) is 5.26 Å². The van der Waals surface area contributed by atoms with Crippen molar-refractivity contribution in [2.24, 2.45) is 0 Å². The topological polar surface area (TPSA) is 28.1 Å². The lowest BCUT2D eigenvalue weighted by atomic mass is 9.70. The number of nitrogens with zero attached hydrogens (tertiary/aromatic N) is 2. The maximum atomic E-state index is 9.67. The van der Waals surface area contributed by atoms with Gasteiger partial charge in [-0.1, -0.05) is 68.3 Å². The molecule has 4 heteroatoms. The van der Waals surface area contributed by atoms with Gasteiger partial charge in [-0.3, -0.25) is 0 Å². The fourth-order valence-corrected chi connectivity index (χ4v) is 6.02. The van der Waals surface area contributed by atoms with Gasteiger partial charge in [0.1, 0.15) is 0 Å². The number of rotatable bonds is 0. The van der Waals surface area contributed by atoms with Crippen LogP contribution in [0.2, 0.25) is 0 Å². The van der Waals surface area contributed by atoms with E-state index in [1.807, 2.05) is 30.3 Å². The molecule has 0 aliphatic heterocycles. The Hall–Kier alpha value is -3.18. The van der Waals surface area contributed by atoms with Crippen molar-refractivity contribution in [3.05, 3.63) is 121 Å². The van der Waals surface area contributed by atoms with Crippen LogP contribution in [0.4, 0.5) is 5.69 Å². The molecule has 0 unspecified atom stereocenters. The highest BCUT2D eigenvalue weighted by Crippen LogP contribution is 2.63. The van der Waals surface area contributed by atoms with E-state index in [1.54, 1.807) is 0 Å². The summed E-state index contributed by atoms with van der Waals surface area (Å²) in [6.07, 6.45) is 0. The summed E-state index contributed by atoms with van der Waals surface area (Å²) in [5.41, 5.74) is 9.82. The monoisotopic (exact) mass is 522 g/mol. The summed E-state index contributed by atoms with van der Waals surface area (Å²) >= 11 is 7.36. The van der Waals surface area contributed by atoms with Crippen LogP contribution in [0.3, 0.4) is 0 Å². The fraction of sp³-hybridized carbons (Fsp3) is 0.0370. The standard InChI is InChI=1S/C27H12Br2N2/c1-31-18-5-9-22-19-6-2-15(14-30)10-23(19)27(26(22)13-18)24-11-16(28)3-7-20(24)21-8-4-17(29)12-25(21)27/h2-13H. The number of benzene rings is 4. The van der Waals surface area contributed by atoms with Crippen molar-refractivity contribution >= 4 is 37.5 Å². The molecule has 0 saturated heterocycles. The van der Waals surface area contributed by atoms with E-state index in [0.29, 0.717) is 11.3 Å². The highest BCUT2D eigenvalue weighted by atomic mass is 79.9. The molecule has 2 nitrogen and oxygen atoms in total. The van der Waals surface area contributed by atoms with Crippen molar-refractivity contribution in [1.82, 2.24) is 0 Å². The minimum Gasteiger partial charge on any atom is -0.238 e. The first-order chi connectivity index (χ1) is 15.1. The average molecular weight is 524 g/mol. The molecule has 0 saturated carbocycles. The molecule has 0 atom stereocenters. The first-order valence-corrected chi connectivity index (χ1v) is 11.3. The van der Waals surface area contributed by atoms with Gasteiger partial charge < -0.3 is 0 Å². The number of hydrogen-bond acceptors (Lipinski definition) is 1. The van der Waals surface area contributed by atoms with Gasteiger partial charge in [0, 0.05) is 8.95 Å². The second-order valence-electron chi connectivity index (χ2n) is 7.84. The molecular formula is C27H12Br2N2. The lowest BCUT2D eigenvalue weighted by Crippen LogP contribution is -2.26. The Morgan fingerprint density at radius 2 is 1.16 bits per heavy atom. The second kappa shape index (κ2) is 6.41. The zero-order chi connectivity index (χ0) is 21.3. The molecule has 0 heterocycles. The summed E-state index contributed by atoms with van der Waals surface area (Å²) in [5, 5.41) is 9.67. The predicted molar refractivity (Wildman–Crippen MR) is 129 cm³/mol. The molecule has 1 spiro atoms. The molecule has 0 aromatic heterocycles. The van der Waals surface area contributed by atoms with Crippen LogP contribution in [0.25, 0.3) is 27.1 Å². The third kappa shape index (κ3) is 2.30. The largest absolute Gasteiger partial charge is 0.238 e. The molecule has 144 valence electrons. The first-order valence-electron chi connectivity index (χ1n) is 9.75. The van der Waals surface area contributed by atoms with Crippen LogP contribution in [-0.2, 0) is 5.41 Å². The molecular weight excluding hydrogens is 512 g/mol. The van der Waals surface area contributed by atoms with E-state index in [2.05, 4.69) is 85.2 Å². The van der Waals surface area contributed by atoms with E-state index in [1.165, 1.54) is 22.3 Å². The van der Waals surface area contributed by atoms with Gasteiger partial charge in [-0.2, -0.15) is 5.26 Å². The van der Waals surface area contributed by atoms with Crippen LogP contribution in [0.15, 0.2) is 81.7 Å². The number of halogens is 2. The molecule has 2 aliphatic rings. The summed E-state index contributed by atoms with van der Waals surface area (Å²) in [6, 6.07) is 27.0. The van der Waals surface area contributed by atoms with Crippen molar-refractivity contribution < 1.29 is 0 Å². The summed E-state index contributed by atoms with van der Waals surface area (Å²) < 4.78 is 2.01. The number of fused-ring (bicyclic) bond motifs is 10. The van der Waals surface area contributed by atoms with E-state index in [0.717, 1.165) is 31.2 Å². The minimum absolute atomic E-state index is 0.573. The minimum atomic E-state index is -0.573. The van der Waals surface area contributed by atoms with E-state index in [-0.39, 0.29) is 0 Å². The summed E-state index contributed by atoms with van der Waals surface area (Å²) in [6.45, 7) is 7.62. The molecule has 6 rings (SSSR count). The smallest absolute Gasteiger partial charge is 0.187 e. The molecule has 0 N–H and O–H groups in total. The zero-order valence-corrected chi connectivity index (χ0v) is 19.3. The Morgan fingerprint density at radius 1 is 0.677 bits per heavy atom. The van der Waals surface area contributed by atoms with Crippen molar-refractivity contribution in [3.8, 4) is 28.3 Å². The molecule has 31 heavy (non-hydrogen) atoms. The molecule has 4 aromatic carbocycles. The van der Waals surface area contributed by atoms with Gasteiger partial charge in [-0.05, 0) is 80.9 Å². The molecule has 0 radical (unpaired) electrons. The van der Waals surface area contributed by atoms with Gasteiger partial charge in [-0.15, -0.1) is 0 Å². The Kier molecular flexibility index (Phi) is 3.84. The summed E-state index contributed by atoms with van der Waals surface area (Å²) in [4.78, 5) is 3.73. The molecule has 0 fully saturated rings. The maximum absolute atomic E-state index is 9.67. The quantitative estimate of drug-likeness (QED) is 0.185. The van der Waals surface area contributed by atoms with Gasteiger partial charge in [0.2, 0.25) is 0 Å². The Labute approximate surface area is 196 Å². The average Bonchev–Trinajstić information content (AvgIpc) is 3.24. The molecule has 2 aliphatic carbocycles. The molecule has 0 amide bonds. The highest BCUT2D eigenvalue weighted by molar-refractivity contribution is 9.10. The first kappa shape index (κ1) is 18.6. The fourth-order valence-electron chi connectivity index (χ4n) is 5.30. The van der Waals surface area contributed by atoms with Crippen LogP contribution >= 0.6 is 31.9 Å². The number of hydrogen-bond donors (Lipinski definition) is 0. The predicted octanol–water partition coefficient (Wildman–Crippen LogP) is 7.98. The van der Waals surface area contributed by atoms with Gasteiger partial charge >= 0.3 is 0 Å². The van der Waals surface area contributed by atoms with E-state index < -0.39 is 5.41 Å². The summed E-state index contributed by atoms with van der Waals surface area (Å²) in [7, 11) is 0. The Bertz CT molecular complexity index is 1420. The van der Waals surface area contributed by atoms with Crippen LogP contribution in [-0.4, -0.2) is 0 Å². The zero-order valence-electron chi connectivity index (χ0n) is 16.1. The SMILES string of the molecule is [C-]#[N+]c1ccc2c(c1)C1(c3cc(Br)ccc3-c3ccc(Br)cc31)c1cc(C#N)ccc1-2. The van der Waals surface area contributed by atoms with Crippen molar-refractivity contribution in [2.45, 2.75) is 5.41 Å². The van der Waals surface area contributed by atoms with E-state index in [4.69, 9.17) is 6.57 Å². The van der Waals surface area contributed by atoms with Crippen molar-refractivity contribution in [2.75, 3.05) is 0 Å². The summed E-state index contributed by atoms with van der Waals surface area (Å²) in [5.74, 6) is 0. The molecule has 0 bridgehead atoms. The highest BCUT2D eigenvalue weighted by Gasteiger charge is 2.51. The van der Waals surface area contributed by atoms with Crippen LogP contribution in [0, 0.1) is 17.9 Å². The van der Waals surface area contributed by atoms with Gasteiger partial charge in [0.25, 0.3) is 0 Å². The van der Waals surface area contributed by atoms with Gasteiger partial charge in [0.05, 0.1) is 23.6 Å². The lowest BCUT2D eigenvalue weighted by molar-refractivity contribution is 0.792. The van der Waals surface area contributed by atoms with Crippen molar-refractivity contribution in [1.29, 1.82) is 5.26 Å². The van der Waals surface area contributed by atoms with Gasteiger partial charge in [-0.25, -0.2) is 4.85 Å². The lowest BCUT2D eigenvalue weighted by Gasteiger charge is -2.31. The maximum Gasteiger partial charge on any atom is 0.187 e. The molecule has 4 aromatic rings.